The maximum Gasteiger partial charge on any atom is 0.183 e. The highest BCUT2D eigenvalue weighted by atomic mass is 16.5. The molecule has 1 atom stereocenters. The van der Waals surface area contributed by atoms with Gasteiger partial charge < -0.3 is 4.74 Å². The van der Waals surface area contributed by atoms with Crippen LogP contribution in [0.4, 0.5) is 0 Å². The molecule has 0 aromatic rings. The van der Waals surface area contributed by atoms with E-state index < -0.39 is 5.60 Å². The molecule has 1 unspecified atom stereocenters. The molecule has 0 fully saturated rings. The topological polar surface area (TPSA) is 26.3 Å². The summed E-state index contributed by atoms with van der Waals surface area (Å²) in [6, 6.07) is 0. The fourth-order valence-corrected chi connectivity index (χ4v) is 0.521. The lowest BCUT2D eigenvalue weighted by Gasteiger charge is -2.17. The molecule has 0 heterocycles. The molecule has 2 nitrogen and oxygen atoms in total. The Morgan fingerprint density at radius 3 is 2.20 bits per heavy atom. The van der Waals surface area contributed by atoms with Crippen molar-refractivity contribution in [1.29, 1.82) is 0 Å². The average molecular weight is 140 g/mol. The summed E-state index contributed by atoms with van der Waals surface area (Å²) in [7, 11) is 1.48. The minimum atomic E-state index is -0.908. The van der Waals surface area contributed by atoms with Gasteiger partial charge in [-0.2, -0.15) is 0 Å². The Hall–Kier alpha value is -0.810. The smallest absolute Gasteiger partial charge is 0.183 e. The van der Waals surface area contributed by atoms with E-state index in [4.69, 9.17) is 4.74 Å². The van der Waals surface area contributed by atoms with Gasteiger partial charge in [-0.3, -0.25) is 4.79 Å². The van der Waals surface area contributed by atoms with Crippen LogP contribution in [0.3, 0.4) is 0 Å². The first kappa shape index (κ1) is 9.19. The van der Waals surface area contributed by atoms with E-state index in [1.54, 1.807) is 13.8 Å². The number of ether oxygens (including phenoxy) is 1. The summed E-state index contributed by atoms with van der Waals surface area (Å²) in [5, 5.41) is 0. The summed E-state index contributed by atoms with van der Waals surface area (Å²) in [4.78, 5) is 10.9. The number of ketones is 1. The molecular formula is C8H12O2. The summed E-state index contributed by atoms with van der Waals surface area (Å²) in [6.07, 6.45) is 0. The second-order valence-electron chi connectivity index (χ2n) is 2.17. The van der Waals surface area contributed by atoms with E-state index in [2.05, 4.69) is 11.8 Å². The Morgan fingerprint density at radius 2 is 2.10 bits per heavy atom. The summed E-state index contributed by atoms with van der Waals surface area (Å²) in [6.45, 7) is 4.81. The number of Topliss-reactive ketones (excluding diaryl/α,β-unsaturated/α-hetero) is 1. The van der Waals surface area contributed by atoms with Crippen molar-refractivity contribution in [2.45, 2.75) is 26.4 Å². The van der Waals surface area contributed by atoms with Gasteiger partial charge >= 0.3 is 0 Å². The molecule has 10 heavy (non-hydrogen) atoms. The third kappa shape index (κ3) is 1.85. The van der Waals surface area contributed by atoms with Gasteiger partial charge in [0.15, 0.2) is 11.4 Å². The van der Waals surface area contributed by atoms with Gasteiger partial charge in [0, 0.05) is 7.11 Å². The predicted octanol–water partition coefficient (Wildman–Crippen LogP) is 1.00. The number of hydrogen-bond donors (Lipinski definition) is 0. The molecule has 0 aliphatic heterocycles. The van der Waals surface area contributed by atoms with Crippen LogP contribution in [0, 0.1) is 11.8 Å². The van der Waals surface area contributed by atoms with Gasteiger partial charge in [-0.05, 0) is 20.8 Å². The lowest BCUT2D eigenvalue weighted by molar-refractivity contribution is -0.130. The van der Waals surface area contributed by atoms with Crippen molar-refractivity contribution in [2.24, 2.45) is 0 Å². The monoisotopic (exact) mass is 140 g/mol. The average Bonchev–Trinajstić information content (AvgIpc) is 1.88. The molecule has 0 N–H and O–H groups in total. The van der Waals surface area contributed by atoms with Crippen molar-refractivity contribution in [3.05, 3.63) is 0 Å². The minimum Gasteiger partial charge on any atom is -0.359 e. The van der Waals surface area contributed by atoms with E-state index in [9.17, 15) is 4.79 Å². The van der Waals surface area contributed by atoms with E-state index in [-0.39, 0.29) is 5.78 Å². The van der Waals surface area contributed by atoms with Gasteiger partial charge in [-0.25, -0.2) is 0 Å². The lowest BCUT2D eigenvalue weighted by atomic mass is 10.0. The van der Waals surface area contributed by atoms with Crippen LogP contribution < -0.4 is 0 Å². The largest absolute Gasteiger partial charge is 0.359 e. The van der Waals surface area contributed by atoms with Gasteiger partial charge in [0.1, 0.15) is 0 Å². The molecule has 0 saturated carbocycles. The predicted molar refractivity (Wildman–Crippen MR) is 39.5 cm³/mol. The maximum absolute atomic E-state index is 10.9. The van der Waals surface area contributed by atoms with Gasteiger partial charge in [-0.1, -0.05) is 5.92 Å². The molecule has 0 spiro atoms. The van der Waals surface area contributed by atoms with Crippen LogP contribution in [-0.2, 0) is 9.53 Å². The molecule has 0 aromatic carbocycles. The van der Waals surface area contributed by atoms with Gasteiger partial charge in [-0.15, -0.1) is 5.92 Å². The molecule has 0 amide bonds. The van der Waals surface area contributed by atoms with Crippen LogP contribution in [0.25, 0.3) is 0 Å². The van der Waals surface area contributed by atoms with E-state index in [0.717, 1.165) is 0 Å². The maximum atomic E-state index is 10.9. The first-order chi connectivity index (χ1) is 4.56. The van der Waals surface area contributed by atoms with Crippen LogP contribution >= 0.6 is 0 Å². The lowest BCUT2D eigenvalue weighted by Crippen LogP contribution is -2.33. The van der Waals surface area contributed by atoms with Gasteiger partial charge in [0.05, 0.1) is 0 Å². The third-order valence-corrected chi connectivity index (χ3v) is 1.44. The summed E-state index contributed by atoms with van der Waals surface area (Å²) < 4.78 is 4.92. The zero-order chi connectivity index (χ0) is 8.20. The van der Waals surface area contributed by atoms with Crippen LogP contribution in [-0.4, -0.2) is 18.5 Å². The van der Waals surface area contributed by atoms with Crippen molar-refractivity contribution in [3.8, 4) is 11.8 Å². The van der Waals surface area contributed by atoms with Crippen molar-refractivity contribution in [2.75, 3.05) is 7.11 Å². The second-order valence-corrected chi connectivity index (χ2v) is 2.17. The van der Waals surface area contributed by atoms with E-state index in [1.807, 2.05) is 0 Å². The van der Waals surface area contributed by atoms with Gasteiger partial charge in [0.25, 0.3) is 0 Å². The molecule has 0 aromatic heterocycles. The van der Waals surface area contributed by atoms with E-state index in [1.165, 1.54) is 14.0 Å². The normalized spacial score (nSPS) is 14.8. The first-order valence-electron chi connectivity index (χ1n) is 3.07. The van der Waals surface area contributed by atoms with Crippen LogP contribution in [0.5, 0.6) is 0 Å². The number of carbonyl (C=O) groups is 1. The third-order valence-electron chi connectivity index (χ3n) is 1.44. The molecular weight excluding hydrogens is 128 g/mol. The molecule has 2 heteroatoms. The standard InChI is InChI=1S/C8H12O2/c1-5-6-8(3,10-4)7(2)9/h1-4H3. The molecule has 0 aliphatic rings. The number of hydrogen-bond acceptors (Lipinski definition) is 2. The first-order valence-corrected chi connectivity index (χ1v) is 3.07. The van der Waals surface area contributed by atoms with E-state index >= 15 is 0 Å². The SMILES string of the molecule is CC#CC(C)(OC)C(C)=O. The molecule has 0 saturated heterocycles. The zero-order valence-corrected chi connectivity index (χ0v) is 6.82. The van der Waals surface area contributed by atoms with E-state index in [0.29, 0.717) is 0 Å². The fraction of sp³-hybridized carbons (Fsp3) is 0.625. The van der Waals surface area contributed by atoms with Crippen LogP contribution in [0.2, 0.25) is 0 Å². The highest BCUT2D eigenvalue weighted by Gasteiger charge is 2.25. The Kier molecular flexibility index (Phi) is 3.11. The molecule has 0 bridgehead atoms. The molecule has 0 radical (unpaired) electrons. The number of rotatable bonds is 2. The highest BCUT2D eigenvalue weighted by Crippen LogP contribution is 2.07. The number of carbonyl (C=O) groups excluding carboxylic acids is 1. The van der Waals surface area contributed by atoms with Crippen molar-refractivity contribution in [3.63, 3.8) is 0 Å². The van der Waals surface area contributed by atoms with Crippen molar-refractivity contribution < 1.29 is 9.53 Å². The van der Waals surface area contributed by atoms with Gasteiger partial charge in [0.2, 0.25) is 0 Å². The summed E-state index contributed by atoms with van der Waals surface area (Å²) >= 11 is 0. The quantitative estimate of drug-likeness (QED) is 0.535. The zero-order valence-electron chi connectivity index (χ0n) is 6.82. The van der Waals surface area contributed by atoms with Crippen LogP contribution in [0.1, 0.15) is 20.8 Å². The second kappa shape index (κ2) is 3.38. The van der Waals surface area contributed by atoms with Crippen LogP contribution in [0.15, 0.2) is 0 Å². The summed E-state index contributed by atoms with van der Waals surface area (Å²) in [5.41, 5.74) is -0.908. The Bertz CT molecular complexity index is 185. The summed E-state index contributed by atoms with van der Waals surface area (Å²) in [5.74, 6) is 5.27. The highest BCUT2D eigenvalue weighted by molar-refractivity contribution is 5.88. The fourth-order valence-electron chi connectivity index (χ4n) is 0.521. The molecule has 56 valence electrons. The van der Waals surface area contributed by atoms with Crippen molar-refractivity contribution in [1.82, 2.24) is 0 Å². The minimum absolute atomic E-state index is 0.0654. The Labute approximate surface area is 61.6 Å². The number of methoxy groups -OCH3 is 1. The Balaban J connectivity index is 4.49. The molecule has 0 rings (SSSR count). The molecule has 0 aliphatic carbocycles. The Morgan fingerprint density at radius 1 is 1.60 bits per heavy atom. The van der Waals surface area contributed by atoms with Crippen molar-refractivity contribution >= 4 is 5.78 Å².